The fourth-order valence-corrected chi connectivity index (χ4v) is 2.43. The molecule has 0 atom stereocenters. The topological polar surface area (TPSA) is 54.9 Å². The van der Waals surface area contributed by atoms with E-state index >= 15 is 0 Å². The second-order valence-corrected chi connectivity index (χ2v) is 5.26. The molecule has 3 aromatic rings. The molecule has 3 rings (SSSR count). The van der Waals surface area contributed by atoms with E-state index in [0.717, 1.165) is 27.9 Å². The second kappa shape index (κ2) is 6.58. The van der Waals surface area contributed by atoms with Crippen LogP contribution in [0.1, 0.15) is 5.56 Å². The van der Waals surface area contributed by atoms with Gasteiger partial charge in [-0.25, -0.2) is 4.98 Å². The fraction of sp³-hybridized carbons (Fsp3) is 0.0556. The highest BCUT2D eigenvalue weighted by atomic mass is 35.5. The van der Waals surface area contributed by atoms with Crippen LogP contribution in [-0.4, -0.2) is 15.9 Å². The van der Waals surface area contributed by atoms with Gasteiger partial charge in [0, 0.05) is 17.1 Å². The van der Waals surface area contributed by atoms with Gasteiger partial charge in [0.25, 0.3) is 0 Å². The van der Waals surface area contributed by atoms with E-state index in [4.69, 9.17) is 11.6 Å². The number of fused-ring (bicyclic) bond motifs is 1. The molecule has 1 heterocycles. The molecule has 0 radical (unpaired) electrons. The number of amides is 1. The minimum atomic E-state index is -0.271. The molecule has 1 amide bonds. The molecule has 0 aliphatic carbocycles. The van der Waals surface area contributed by atoms with E-state index in [1.807, 2.05) is 42.5 Å². The molecule has 0 saturated heterocycles. The number of carbonyl (C=O) groups is 1. The minimum absolute atomic E-state index is 0.271. The number of anilines is 1. The Bertz CT molecular complexity index is 892. The largest absolute Gasteiger partial charge is 0.322 e. The monoisotopic (exact) mass is 323 g/mol. The van der Waals surface area contributed by atoms with Gasteiger partial charge in [0.2, 0.25) is 5.91 Å². The highest BCUT2D eigenvalue weighted by Crippen LogP contribution is 2.25. The number of hydrogen-bond donors (Lipinski definition) is 1. The molecule has 23 heavy (non-hydrogen) atoms. The third-order valence-electron chi connectivity index (χ3n) is 3.34. The van der Waals surface area contributed by atoms with Crippen LogP contribution in [0, 0.1) is 0 Å². The fourth-order valence-electron chi connectivity index (χ4n) is 2.28. The quantitative estimate of drug-likeness (QED) is 0.579. The number of carbonyl (C=O) groups excluding carboxylic acids is 1. The van der Waals surface area contributed by atoms with Gasteiger partial charge >= 0.3 is 0 Å². The first kappa shape index (κ1) is 15.2. The number of nitrogens with zero attached hydrogens (tertiary/aromatic N) is 2. The van der Waals surface area contributed by atoms with Crippen LogP contribution in [0.3, 0.4) is 0 Å². The van der Waals surface area contributed by atoms with Crippen molar-refractivity contribution in [1.29, 1.82) is 0 Å². The maximum absolute atomic E-state index is 11.5. The zero-order chi connectivity index (χ0) is 16.2. The van der Waals surface area contributed by atoms with E-state index in [-0.39, 0.29) is 5.91 Å². The SMILES string of the molecule is C=CC(=O)Nc1cc(CCl)cc(-c2cnc3ccccc3n2)c1. The highest BCUT2D eigenvalue weighted by molar-refractivity contribution is 6.17. The van der Waals surface area contributed by atoms with E-state index in [9.17, 15) is 4.79 Å². The van der Waals surface area contributed by atoms with Crippen molar-refractivity contribution in [2.45, 2.75) is 5.88 Å². The summed E-state index contributed by atoms with van der Waals surface area (Å²) in [6.07, 6.45) is 2.94. The Hall–Kier alpha value is -2.72. The zero-order valence-electron chi connectivity index (χ0n) is 12.3. The number of halogens is 1. The van der Waals surface area contributed by atoms with Crippen molar-refractivity contribution in [3.63, 3.8) is 0 Å². The van der Waals surface area contributed by atoms with Crippen molar-refractivity contribution in [2.75, 3.05) is 5.32 Å². The maximum Gasteiger partial charge on any atom is 0.247 e. The molecule has 0 saturated carbocycles. The number of para-hydroxylation sites is 2. The first-order valence-corrected chi connectivity index (χ1v) is 7.58. The molecule has 0 unspecified atom stereocenters. The third-order valence-corrected chi connectivity index (χ3v) is 3.65. The first-order valence-electron chi connectivity index (χ1n) is 7.05. The van der Waals surface area contributed by atoms with E-state index in [1.54, 1.807) is 6.20 Å². The van der Waals surface area contributed by atoms with Crippen LogP contribution in [0.2, 0.25) is 0 Å². The predicted octanol–water partition coefficient (Wildman–Crippen LogP) is 4.16. The second-order valence-electron chi connectivity index (χ2n) is 4.99. The number of aromatic nitrogens is 2. The van der Waals surface area contributed by atoms with Gasteiger partial charge in [0.15, 0.2) is 0 Å². The predicted molar refractivity (Wildman–Crippen MR) is 93.4 cm³/mol. The average molecular weight is 324 g/mol. The van der Waals surface area contributed by atoms with Crippen molar-refractivity contribution in [1.82, 2.24) is 9.97 Å². The molecule has 0 aliphatic rings. The Kier molecular flexibility index (Phi) is 4.35. The van der Waals surface area contributed by atoms with Gasteiger partial charge in [-0.3, -0.25) is 9.78 Å². The molecule has 1 aromatic heterocycles. The van der Waals surface area contributed by atoms with Crippen LogP contribution < -0.4 is 5.32 Å². The van der Waals surface area contributed by atoms with Gasteiger partial charge < -0.3 is 5.32 Å². The van der Waals surface area contributed by atoms with Crippen LogP contribution in [0.25, 0.3) is 22.3 Å². The number of benzene rings is 2. The molecule has 114 valence electrons. The summed E-state index contributed by atoms with van der Waals surface area (Å²) in [5, 5.41) is 2.75. The zero-order valence-corrected chi connectivity index (χ0v) is 13.0. The van der Waals surface area contributed by atoms with E-state index in [1.165, 1.54) is 6.08 Å². The lowest BCUT2D eigenvalue weighted by Crippen LogP contribution is -2.07. The van der Waals surface area contributed by atoms with Crippen molar-refractivity contribution in [2.24, 2.45) is 0 Å². The van der Waals surface area contributed by atoms with Crippen LogP contribution in [0.4, 0.5) is 5.69 Å². The Morgan fingerprint density at radius 3 is 2.74 bits per heavy atom. The number of nitrogens with one attached hydrogen (secondary N) is 1. The number of hydrogen-bond acceptors (Lipinski definition) is 3. The number of rotatable bonds is 4. The molecule has 0 spiro atoms. The van der Waals surface area contributed by atoms with E-state index < -0.39 is 0 Å². The minimum Gasteiger partial charge on any atom is -0.322 e. The van der Waals surface area contributed by atoms with Crippen molar-refractivity contribution in [3.8, 4) is 11.3 Å². The summed E-state index contributed by atoms with van der Waals surface area (Å²) in [6.45, 7) is 3.45. The summed E-state index contributed by atoms with van der Waals surface area (Å²) in [5.41, 5.74) is 4.77. The van der Waals surface area contributed by atoms with Gasteiger partial charge in [-0.2, -0.15) is 0 Å². The lowest BCUT2D eigenvalue weighted by atomic mass is 10.1. The van der Waals surface area contributed by atoms with Crippen molar-refractivity contribution < 1.29 is 4.79 Å². The average Bonchev–Trinajstić information content (AvgIpc) is 2.60. The summed E-state index contributed by atoms with van der Waals surface area (Å²) < 4.78 is 0. The molecule has 2 aromatic carbocycles. The van der Waals surface area contributed by atoms with Crippen LogP contribution in [0.5, 0.6) is 0 Å². The van der Waals surface area contributed by atoms with Crippen LogP contribution in [0.15, 0.2) is 61.3 Å². The third kappa shape index (κ3) is 3.38. The standard InChI is InChI=1S/C18H14ClN3O/c1-2-18(23)21-14-8-12(10-19)7-13(9-14)17-11-20-15-5-3-4-6-16(15)22-17/h2-9,11H,1,10H2,(H,21,23). The summed E-state index contributed by atoms with van der Waals surface area (Å²) in [5.74, 6) is 0.0680. The summed E-state index contributed by atoms with van der Waals surface area (Å²) >= 11 is 5.95. The molecular formula is C18H14ClN3O. The van der Waals surface area contributed by atoms with E-state index in [2.05, 4.69) is 21.9 Å². The lowest BCUT2D eigenvalue weighted by molar-refractivity contribution is -0.111. The maximum atomic E-state index is 11.5. The Balaban J connectivity index is 2.07. The van der Waals surface area contributed by atoms with Gasteiger partial charge in [-0.05, 0) is 42.0 Å². The molecule has 5 heteroatoms. The van der Waals surface area contributed by atoms with Gasteiger partial charge in [-0.1, -0.05) is 18.7 Å². The molecule has 1 N–H and O–H groups in total. The van der Waals surface area contributed by atoms with Gasteiger partial charge in [0.05, 0.1) is 22.9 Å². The van der Waals surface area contributed by atoms with Crippen molar-refractivity contribution >= 4 is 34.2 Å². The van der Waals surface area contributed by atoms with Crippen LogP contribution in [-0.2, 0) is 10.7 Å². The lowest BCUT2D eigenvalue weighted by Gasteiger charge is -2.09. The Morgan fingerprint density at radius 2 is 2.00 bits per heavy atom. The van der Waals surface area contributed by atoms with Crippen LogP contribution >= 0.6 is 11.6 Å². The summed E-state index contributed by atoms with van der Waals surface area (Å²) in [7, 11) is 0. The Morgan fingerprint density at radius 1 is 1.22 bits per heavy atom. The Labute approximate surface area is 138 Å². The highest BCUT2D eigenvalue weighted by Gasteiger charge is 2.07. The molecule has 4 nitrogen and oxygen atoms in total. The molecule has 0 fully saturated rings. The molecule has 0 bridgehead atoms. The smallest absolute Gasteiger partial charge is 0.247 e. The first-order chi connectivity index (χ1) is 11.2. The normalized spacial score (nSPS) is 10.5. The van der Waals surface area contributed by atoms with Gasteiger partial charge in [-0.15, -0.1) is 11.6 Å². The summed E-state index contributed by atoms with van der Waals surface area (Å²) in [6, 6.07) is 13.3. The van der Waals surface area contributed by atoms with Gasteiger partial charge in [0.1, 0.15) is 0 Å². The number of alkyl halides is 1. The summed E-state index contributed by atoms with van der Waals surface area (Å²) in [4.78, 5) is 20.6. The van der Waals surface area contributed by atoms with Crippen molar-refractivity contribution in [3.05, 3.63) is 66.9 Å². The molecular weight excluding hydrogens is 310 g/mol. The van der Waals surface area contributed by atoms with E-state index in [0.29, 0.717) is 11.6 Å². The molecule has 0 aliphatic heterocycles.